The molecule has 0 aromatic carbocycles. The van der Waals surface area contributed by atoms with Gasteiger partial charge in [0.05, 0.1) is 12.8 Å². The van der Waals surface area contributed by atoms with Crippen LogP contribution in [0.15, 0.2) is 45.2 Å². The molecule has 1 atom stereocenters. The van der Waals surface area contributed by atoms with E-state index in [-0.39, 0.29) is 12.3 Å². The van der Waals surface area contributed by atoms with E-state index in [1.807, 2.05) is 0 Å². The van der Waals surface area contributed by atoms with Crippen LogP contribution in [0.25, 0.3) is 16.1 Å². The van der Waals surface area contributed by atoms with Gasteiger partial charge in [-0.15, -0.1) is 0 Å². The topological polar surface area (TPSA) is 123 Å². The Morgan fingerprint density at radius 1 is 1.54 bits per heavy atom. The fraction of sp³-hybridized carbons (Fsp3) is 0.200. The van der Waals surface area contributed by atoms with E-state index >= 15 is 0 Å². The minimum absolute atomic E-state index is 0.0839. The van der Waals surface area contributed by atoms with Crippen molar-refractivity contribution in [3.63, 3.8) is 0 Å². The highest BCUT2D eigenvalue weighted by Gasteiger charge is 2.12. The number of carbonyl (C=O) groups is 1. The third-order valence-corrected chi connectivity index (χ3v) is 2.93. The first-order valence-electron chi connectivity index (χ1n) is 6.96. The number of nitrogens with one attached hydrogen (secondary N) is 1. The van der Waals surface area contributed by atoms with Crippen molar-refractivity contribution in [3.05, 3.63) is 47.8 Å². The van der Waals surface area contributed by atoms with Gasteiger partial charge in [-0.2, -0.15) is 5.10 Å². The van der Waals surface area contributed by atoms with Crippen LogP contribution in [0.4, 0.5) is 0 Å². The van der Waals surface area contributed by atoms with E-state index in [1.54, 1.807) is 37.5 Å². The lowest BCUT2D eigenvalue weighted by atomic mass is 10.2. The van der Waals surface area contributed by atoms with E-state index < -0.39 is 12.1 Å². The molecule has 122 valence electrons. The first-order valence-corrected chi connectivity index (χ1v) is 6.96. The van der Waals surface area contributed by atoms with Crippen LogP contribution in [0.3, 0.4) is 0 Å². The summed E-state index contributed by atoms with van der Waals surface area (Å²) >= 11 is 0. The highest BCUT2D eigenvalue weighted by atomic mass is 16.5. The minimum Gasteiger partial charge on any atom is -0.359 e. The van der Waals surface area contributed by atoms with Crippen molar-refractivity contribution in [2.75, 3.05) is 0 Å². The summed E-state index contributed by atoms with van der Waals surface area (Å²) < 4.78 is 5.17. The first kappa shape index (κ1) is 16.8. The predicted octanol–water partition coefficient (Wildman–Crippen LogP) is 1.00. The average molecular weight is 325 g/mol. The highest BCUT2D eigenvalue weighted by molar-refractivity contribution is 6.60. The van der Waals surface area contributed by atoms with Crippen LogP contribution in [0, 0.1) is 6.57 Å². The van der Waals surface area contributed by atoms with Gasteiger partial charge < -0.3 is 15.7 Å². The molecule has 1 amide bonds. The number of aliphatic imine (C=N–C) groups is 1. The Hall–Kier alpha value is -3.54. The zero-order valence-electron chi connectivity index (χ0n) is 12.9. The molecule has 2 rings (SSSR count). The highest BCUT2D eigenvalue weighted by Crippen LogP contribution is 2.17. The molecule has 3 N–H and O–H groups in total. The van der Waals surface area contributed by atoms with Gasteiger partial charge in [0.25, 0.3) is 5.91 Å². The van der Waals surface area contributed by atoms with Gasteiger partial charge in [-0.3, -0.25) is 14.6 Å². The number of hydrogen-bond donors (Lipinski definition) is 2. The summed E-state index contributed by atoms with van der Waals surface area (Å²) in [5, 5.41) is 9.88. The van der Waals surface area contributed by atoms with E-state index in [0.29, 0.717) is 11.5 Å². The van der Waals surface area contributed by atoms with Gasteiger partial charge in [-0.05, 0) is 12.1 Å². The summed E-state index contributed by atoms with van der Waals surface area (Å²) in [5.74, 6) is 5.11. The smallest absolute Gasteiger partial charge is 0.312 e. The van der Waals surface area contributed by atoms with Gasteiger partial charge in [-0.25, -0.2) is 11.6 Å². The molecular weight excluding hydrogens is 310 g/mol. The molecule has 0 bridgehead atoms. The summed E-state index contributed by atoms with van der Waals surface area (Å²) in [6.07, 6.45) is 3.87. The summed E-state index contributed by atoms with van der Waals surface area (Å²) in [6, 6.07) is 5.31. The Labute approximate surface area is 138 Å². The molecule has 0 radical (unpaired) electrons. The maximum Gasteiger partial charge on any atom is 0.312 e. The van der Waals surface area contributed by atoms with E-state index in [2.05, 4.69) is 30.4 Å². The van der Waals surface area contributed by atoms with Crippen molar-refractivity contribution in [1.29, 1.82) is 0 Å². The number of aromatic nitrogens is 2. The zero-order valence-corrected chi connectivity index (χ0v) is 12.9. The zero-order chi connectivity index (χ0) is 17.4. The second-order valence-electron chi connectivity index (χ2n) is 4.65. The normalized spacial score (nSPS) is 12.8. The quantitative estimate of drug-likeness (QED) is 0.355. The van der Waals surface area contributed by atoms with Crippen molar-refractivity contribution >= 4 is 17.8 Å². The molecule has 0 fully saturated rings. The van der Waals surface area contributed by atoms with Gasteiger partial charge >= 0.3 is 6.17 Å². The molecule has 0 saturated carbocycles. The van der Waals surface area contributed by atoms with E-state index in [1.165, 1.54) is 6.21 Å². The van der Waals surface area contributed by atoms with E-state index in [4.69, 9.17) is 16.9 Å². The molecule has 9 nitrogen and oxygen atoms in total. The molecular formula is C15H15N7O2. The van der Waals surface area contributed by atoms with Crippen LogP contribution < -0.4 is 11.2 Å². The van der Waals surface area contributed by atoms with Crippen LogP contribution in [0.5, 0.6) is 0 Å². The Kier molecular flexibility index (Phi) is 5.74. The molecule has 2 aromatic rings. The number of nitrogens with two attached hydrogens (primary N) is 1. The van der Waals surface area contributed by atoms with Crippen molar-refractivity contribution in [3.8, 4) is 11.3 Å². The maximum atomic E-state index is 12.0. The van der Waals surface area contributed by atoms with Gasteiger partial charge in [0.1, 0.15) is 5.69 Å². The molecule has 0 aliphatic rings. The third-order valence-electron chi connectivity index (χ3n) is 2.93. The fourth-order valence-electron chi connectivity index (χ4n) is 1.68. The molecule has 0 spiro atoms. The number of hydrogen-bond acceptors (Lipinski definition) is 7. The van der Waals surface area contributed by atoms with Gasteiger partial charge in [-0.1, -0.05) is 5.16 Å². The number of rotatable bonds is 6. The summed E-state index contributed by atoms with van der Waals surface area (Å²) in [4.78, 5) is 22.9. The Bertz CT molecular complexity index is 790. The number of pyridine rings is 1. The minimum atomic E-state index is -0.605. The van der Waals surface area contributed by atoms with Crippen molar-refractivity contribution in [1.82, 2.24) is 15.5 Å². The molecule has 24 heavy (non-hydrogen) atoms. The predicted molar refractivity (Wildman–Crippen MR) is 87.8 cm³/mol. The van der Waals surface area contributed by atoms with Gasteiger partial charge in [0.2, 0.25) is 0 Å². The van der Waals surface area contributed by atoms with Crippen molar-refractivity contribution < 1.29 is 9.32 Å². The largest absolute Gasteiger partial charge is 0.359 e. The lowest BCUT2D eigenvalue weighted by Crippen LogP contribution is -2.32. The number of nitrogens with zero attached hydrogens (tertiary/aromatic N) is 5. The summed E-state index contributed by atoms with van der Waals surface area (Å²) in [6.45, 7) is 8.50. The van der Waals surface area contributed by atoms with Crippen LogP contribution in [-0.4, -0.2) is 34.1 Å². The second kappa shape index (κ2) is 8.19. The summed E-state index contributed by atoms with van der Waals surface area (Å²) in [7, 11) is 0. The molecule has 0 saturated heterocycles. The monoisotopic (exact) mass is 325 g/mol. The number of amides is 1. The first-order chi connectivity index (χ1) is 11.6. The Balaban J connectivity index is 1.96. The fourth-order valence-corrected chi connectivity index (χ4v) is 1.68. The van der Waals surface area contributed by atoms with E-state index in [9.17, 15) is 4.79 Å². The van der Waals surface area contributed by atoms with Gasteiger partial charge in [0.15, 0.2) is 11.5 Å². The maximum absolute atomic E-state index is 12.0. The Morgan fingerprint density at radius 3 is 2.96 bits per heavy atom. The lowest BCUT2D eigenvalue weighted by Gasteiger charge is -2.01. The van der Waals surface area contributed by atoms with Crippen molar-refractivity contribution in [2.45, 2.75) is 19.6 Å². The average Bonchev–Trinajstić information content (AvgIpc) is 3.10. The Morgan fingerprint density at radius 2 is 2.29 bits per heavy atom. The van der Waals surface area contributed by atoms with Crippen molar-refractivity contribution in [2.24, 2.45) is 15.9 Å². The van der Waals surface area contributed by atoms with Crippen LogP contribution >= 0.6 is 0 Å². The third kappa shape index (κ3) is 4.48. The van der Waals surface area contributed by atoms with Crippen LogP contribution in [0.1, 0.15) is 12.7 Å². The number of hydrazone groups is 1. The van der Waals surface area contributed by atoms with Crippen LogP contribution in [0.2, 0.25) is 0 Å². The summed E-state index contributed by atoms with van der Waals surface area (Å²) in [5.41, 5.74) is 1.41. The molecule has 2 aromatic heterocycles. The van der Waals surface area contributed by atoms with Crippen LogP contribution in [-0.2, 0) is 11.3 Å². The molecule has 2 heterocycles. The van der Waals surface area contributed by atoms with Gasteiger partial charge in [0, 0.05) is 30.9 Å². The number of carbonyl (C=O) groups excluding carboxylic acids is 1. The lowest BCUT2D eigenvalue weighted by molar-refractivity contribution is -0.114. The standard InChI is InChI=1S/C15H15N7O2/c1-10(17-2)19-9-14(21-16)15(23)20-8-12-7-13(22-24-12)11-3-5-18-6-4-11/h3-7,9-10H,8,16H2,1H3,(H,20,23)/b19-9+,21-14+. The molecule has 0 aliphatic heterocycles. The molecule has 0 aliphatic carbocycles. The molecule has 9 heteroatoms. The molecule has 1 unspecified atom stereocenters. The van der Waals surface area contributed by atoms with E-state index in [0.717, 1.165) is 5.56 Å². The second-order valence-corrected chi connectivity index (χ2v) is 4.65. The SMILES string of the molecule is [C-]#[N+]C(C)/N=C/C(=N\N)C(=O)NCc1cc(-c2ccncc2)no1.